The van der Waals surface area contributed by atoms with E-state index in [2.05, 4.69) is 40.5 Å². The standard InChI is InChI=1S/C24H32N10O8/c35-5-11-15(37)17(39)23(41-11)33-9-31-13-19(27-7-29-21(13)33)25-3-1-2-4-26-20-14-22(30-8-28-20)34(10-32-14)24-18(40)16(38)12(6-36)42-24/h7-12,15-18,23-24,35-40H,1-6H2,(H,25,27,29)(H,26,28,30). The summed E-state index contributed by atoms with van der Waals surface area (Å²) in [5.41, 5.74) is 1.77. The second-order valence-electron chi connectivity index (χ2n) is 10.1. The van der Waals surface area contributed by atoms with Gasteiger partial charge < -0.3 is 50.7 Å². The second kappa shape index (κ2) is 11.9. The van der Waals surface area contributed by atoms with E-state index < -0.39 is 62.3 Å². The molecule has 4 aromatic heterocycles. The Morgan fingerprint density at radius 3 is 1.43 bits per heavy atom. The predicted molar refractivity (Wildman–Crippen MR) is 143 cm³/mol. The Balaban J connectivity index is 1.03. The molecular weight excluding hydrogens is 556 g/mol. The van der Waals surface area contributed by atoms with Gasteiger partial charge in [-0.1, -0.05) is 0 Å². The van der Waals surface area contributed by atoms with Crippen LogP contribution < -0.4 is 10.6 Å². The quantitative estimate of drug-likeness (QED) is 0.0842. The van der Waals surface area contributed by atoms with Crippen LogP contribution in [0.15, 0.2) is 25.3 Å². The van der Waals surface area contributed by atoms with Gasteiger partial charge in [0.15, 0.2) is 46.4 Å². The lowest BCUT2D eigenvalue weighted by Gasteiger charge is -2.16. The highest BCUT2D eigenvalue weighted by atomic mass is 16.6. The van der Waals surface area contributed by atoms with E-state index in [4.69, 9.17) is 9.47 Å². The van der Waals surface area contributed by atoms with Gasteiger partial charge in [0.2, 0.25) is 0 Å². The number of aliphatic hydroxyl groups is 6. The van der Waals surface area contributed by atoms with Crippen LogP contribution >= 0.6 is 0 Å². The molecular formula is C24H32N10O8. The molecule has 8 unspecified atom stereocenters. The van der Waals surface area contributed by atoms with Gasteiger partial charge in [0, 0.05) is 13.1 Å². The van der Waals surface area contributed by atoms with Crippen molar-refractivity contribution < 1.29 is 40.1 Å². The summed E-state index contributed by atoms with van der Waals surface area (Å²) < 4.78 is 14.2. The Morgan fingerprint density at radius 2 is 1.05 bits per heavy atom. The zero-order chi connectivity index (χ0) is 29.4. The molecule has 0 aliphatic carbocycles. The van der Waals surface area contributed by atoms with Crippen molar-refractivity contribution >= 4 is 34.0 Å². The van der Waals surface area contributed by atoms with Crippen LogP contribution in [-0.2, 0) is 9.47 Å². The Morgan fingerprint density at radius 1 is 0.619 bits per heavy atom. The molecule has 6 rings (SSSR count). The number of rotatable bonds is 11. The SMILES string of the molecule is OCC1OC(n2cnc3c(NCCCCNc4ncnc5c4ncn5C4OC(CO)C(O)C4O)ncnc32)C(O)C1O. The molecule has 2 aliphatic heterocycles. The Bertz CT molecular complexity index is 1410. The van der Waals surface area contributed by atoms with Gasteiger partial charge in [-0.3, -0.25) is 9.13 Å². The van der Waals surface area contributed by atoms with Crippen molar-refractivity contribution in [1.29, 1.82) is 0 Å². The van der Waals surface area contributed by atoms with Gasteiger partial charge in [0.1, 0.15) is 49.3 Å². The molecule has 0 saturated carbocycles. The summed E-state index contributed by atoms with van der Waals surface area (Å²) in [6.45, 7) is 0.292. The number of imidazole rings is 2. The number of anilines is 2. The molecule has 8 atom stereocenters. The van der Waals surface area contributed by atoms with Gasteiger partial charge in [0.25, 0.3) is 0 Å². The molecule has 2 aliphatic rings. The normalized spacial score (nSPS) is 29.6. The molecule has 4 aromatic rings. The third-order valence-corrected chi connectivity index (χ3v) is 7.49. The van der Waals surface area contributed by atoms with Crippen LogP contribution in [-0.4, -0.2) is 133 Å². The first-order valence-corrected chi connectivity index (χ1v) is 13.5. The molecule has 0 radical (unpaired) electrons. The number of nitrogens with zero attached hydrogens (tertiary/aromatic N) is 8. The Kier molecular flexibility index (Phi) is 8.10. The highest BCUT2D eigenvalue weighted by molar-refractivity contribution is 5.83. The van der Waals surface area contributed by atoms with Crippen LogP contribution in [0, 0.1) is 0 Å². The number of unbranched alkanes of at least 4 members (excludes halogenated alkanes) is 1. The maximum Gasteiger partial charge on any atom is 0.167 e. The van der Waals surface area contributed by atoms with Crippen LogP contribution in [0.25, 0.3) is 22.3 Å². The zero-order valence-electron chi connectivity index (χ0n) is 22.2. The lowest BCUT2D eigenvalue weighted by Crippen LogP contribution is -2.33. The lowest BCUT2D eigenvalue weighted by atomic mass is 10.1. The third-order valence-electron chi connectivity index (χ3n) is 7.49. The first-order valence-electron chi connectivity index (χ1n) is 13.5. The van der Waals surface area contributed by atoms with Crippen LogP contribution in [0.2, 0.25) is 0 Å². The number of aliphatic hydroxyl groups excluding tert-OH is 6. The smallest absolute Gasteiger partial charge is 0.167 e. The van der Waals surface area contributed by atoms with Crippen LogP contribution in [0.1, 0.15) is 25.3 Å². The monoisotopic (exact) mass is 588 g/mol. The molecule has 2 fully saturated rings. The lowest BCUT2D eigenvalue weighted by molar-refractivity contribution is -0.0511. The van der Waals surface area contributed by atoms with Crippen molar-refractivity contribution in [3.8, 4) is 0 Å². The van der Waals surface area contributed by atoms with Gasteiger partial charge >= 0.3 is 0 Å². The van der Waals surface area contributed by atoms with Crippen molar-refractivity contribution in [2.45, 2.75) is 61.9 Å². The third kappa shape index (κ3) is 5.01. The van der Waals surface area contributed by atoms with Crippen LogP contribution in [0.3, 0.4) is 0 Å². The van der Waals surface area contributed by atoms with Crippen LogP contribution in [0.5, 0.6) is 0 Å². The molecule has 0 bridgehead atoms. The molecule has 0 amide bonds. The van der Waals surface area contributed by atoms with E-state index in [-0.39, 0.29) is 0 Å². The van der Waals surface area contributed by atoms with Crippen molar-refractivity contribution in [1.82, 2.24) is 39.0 Å². The molecule has 0 aromatic carbocycles. The van der Waals surface area contributed by atoms with E-state index >= 15 is 0 Å². The number of fused-ring (bicyclic) bond motifs is 2. The second-order valence-corrected chi connectivity index (χ2v) is 10.1. The van der Waals surface area contributed by atoms with Gasteiger partial charge in [0.05, 0.1) is 25.9 Å². The first-order chi connectivity index (χ1) is 20.4. The van der Waals surface area contributed by atoms with Gasteiger partial charge in [-0.2, -0.15) is 0 Å². The van der Waals surface area contributed by atoms with E-state index in [1.165, 1.54) is 34.4 Å². The van der Waals surface area contributed by atoms with E-state index in [1.807, 2.05) is 0 Å². The van der Waals surface area contributed by atoms with Gasteiger partial charge in [-0.25, -0.2) is 29.9 Å². The van der Waals surface area contributed by atoms with Crippen molar-refractivity contribution in [3.63, 3.8) is 0 Å². The number of nitrogens with one attached hydrogen (secondary N) is 2. The Labute approximate surface area is 237 Å². The molecule has 2 saturated heterocycles. The van der Waals surface area contributed by atoms with Gasteiger partial charge in [-0.15, -0.1) is 0 Å². The summed E-state index contributed by atoms with van der Waals surface area (Å²) in [5, 5.41) is 66.1. The van der Waals surface area contributed by atoms with E-state index in [0.29, 0.717) is 47.1 Å². The van der Waals surface area contributed by atoms with Crippen LogP contribution in [0.4, 0.5) is 11.6 Å². The number of ether oxygens (including phenoxy) is 2. The maximum absolute atomic E-state index is 10.4. The van der Waals surface area contributed by atoms with Crippen molar-refractivity contribution in [3.05, 3.63) is 25.3 Å². The first kappa shape index (κ1) is 28.5. The zero-order valence-corrected chi connectivity index (χ0v) is 22.2. The molecule has 42 heavy (non-hydrogen) atoms. The molecule has 6 heterocycles. The largest absolute Gasteiger partial charge is 0.394 e. The fourth-order valence-corrected chi connectivity index (χ4v) is 5.22. The minimum absolute atomic E-state index is 0.410. The van der Waals surface area contributed by atoms with Crippen molar-refractivity contribution in [2.24, 2.45) is 0 Å². The highest BCUT2D eigenvalue weighted by Gasteiger charge is 2.45. The molecule has 18 nitrogen and oxygen atoms in total. The predicted octanol–water partition coefficient (Wildman–Crippen LogP) is -2.51. The molecule has 226 valence electrons. The average molecular weight is 589 g/mol. The van der Waals surface area contributed by atoms with E-state index in [1.54, 1.807) is 0 Å². The summed E-state index contributed by atoms with van der Waals surface area (Å²) in [5.74, 6) is 1.01. The fraction of sp³-hybridized carbons (Fsp3) is 0.583. The molecule has 0 spiro atoms. The Hall–Kier alpha value is -3.62. The topological polar surface area (TPSA) is 251 Å². The number of hydrogen-bond acceptors (Lipinski definition) is 16. The fourth-order valence-electron chi connectivity index (χ4n) is 5.22. The van der Waals surface area contributed by atoms with Crippen molar-refractivity contribution in [2.75, 3.05) is 36.9 Å². The summed E-state index contributed by atoms with van der Waals surface area (Å²) in [6, 6.07) is 0. The minimum atomic E-state index is -1.25. The number of hydrogen-bond donors (Lipinski definition) is 8. The molecule has 18 heteroatoms. The van der Waals surface area contributed by atoms with Gasteiger partial charge in [-0.05, 0) is 12.8 Å². The van der Waals surface area contributed by atoms with E-state index in [9.17, 15) is 30.6 Å². The minimum Gasteiger partial charge on any atom is -0.394 e. The summed E-state index contributed by atoms with van der Waals surface area (Å²) in [4.78, 5) is 25.8. The average Bonchev–Trinajstić information content (AvgIpc) is 3.76. The van der Waals surface area contributed by atoms with E-state index in [0.717, 1.165) is 12.8 Å². The maximum atomic E-state index is 10.4. The summed E-state index contributed by atoms with van der Waals surface area (Å²) in [6.07, 6.45) is -1.53. The number of aromatic nitrogens is 8. The summed E-state index contributed by atoms with van der Waals surface area (Å²) >= 11 is 0. The molecule has 8 N–H and O–H groups in total. The summed E-state index contributed by atoms with van der Waals surface area (Å²) in [7, 11) is 0. The highest BCUT2D eigenvalue weighted by Crippen LogP contribution is 2.33.